The van der Waals surface area contributed by atoms with Gasteiger partial charge in [-0.3, -0.25) is 9.89 Å². The first-order valence-corrected chi connectivity index (χ1v) is 11.8. The van der Waals surface area contributed by atoms with Gasteiger partial charge in [0.25, 0.3) is 5.91 Å². The maximum Gasteiger partial charge on any atom is 0.416 e. The van der Waals surface area contributed by atoms with Crippen LogP contribution in [0.2, 0.25) is 0 Å². The number of carbonyl (C=O) groups excluding carboxylic acids is 1. The van der Waals surface area contributed by atoms with Gasteiger partial charge in [0.05, 0.1) is 15.5 Å². The molecule has 0 spiro atoms. The molecular formula is C21H19F3N4OS2. The van der Waals surface area contributed by atoms with Crippen LogP contribution in [0.25, 0.3) is 11.3 Å². The number of rotatable bonds is 2. The molecule has 0 unspecified atom stereocenters. The average molecular weight is 465 g/mol. The van der Waals surface area contributed by atoms with Crippen LogP contribution in [0.4, 0.5) is 18.9 Å². The molecule has 1 N–H and O–H groups in total. The topological polar surface area (TPSA) is 52.2 Å². The summed E-state index contributed by atoms with van der Waals surface area (Å²) in [6.07, 6.45) is -3.60. The van der Waals surface area contributed by atoms with Crippen molar-refractivity contribution in [3.63, 3.8) is 0 Å². The van der Waals surface area contributed by atoms with E-state index in [0.717, 1.165) is 35.1 Å². The number of thioether (sulfide) groups is 1. The smallest absolute Gasteiger partial charge is 0.368 e. The van der Waals surface area contributed by atoms with Gasteiger partial charge in [-0.05, 0) is 36.1 Å². The van der Waals surface area contributed by atoms with Gasteiger partial charge in [0.2, 0.25) is 0 Å². The summed E-state index contributed by atoms with van der Waals surface area (Å²) in [4.78, 5) is 16.9. The molecular weight excluding hydrogens is 445 g/mol. The number of amides is 1. The predicted molar refractivity (Wildman–Crippen MR) is 116 cm³/mol. The maximum absolute atomic E-state index is 13.2. The van der Waals surface area contributed by atoms with Crippen LogP contribution in [0, 0.1) is 0 Å². The fraction of sp³-hybridized carbons (Fsp3) is 0.333. The Kier molecular flexibility index (Phi) is 5.21. The van der Waals surface area contributed by atoms with Crippen molar-refractivity contribution in [3.05, 3.63) is 52.5 Å². The SMILES string of the molecule is O=C(c1[nH]nc2c1CCSc1sccc1-2)N1CCN(c2cccc(C(F)(F)F)c2)CC1. The molecule has 10 heteroatoms. The van der Waals surface area contributed by atoms with Gasteiger partial charge >= 0.3 is 6.18 Å². The van der Waals surface area contributed by atoms with Crippen LogP contribution in [0.5, 0.6) is 0 Å². The lowest BCUT2D eigenvalue weighted by molar-refractivity contribution is -0.137. The monoisotopic (exact) mass is 464 g/mol. The zero-order valence-electron chi connectivity index (χ0n) is 16.4. The van der Waals surface area contributed by atoms with E-state index in [1.807, 2.05) is 16.3 Å². The van der Waals surface area contributed by atoms with Crippen LogP contribution in [-0.2, 0) is 12.6 Å². The number of nitrogens with one attached hydrogen (secondary N) is 1. The first-order chi connectivity index (χ1) is 14.9. The van der Waals surface area contributed by atoms with Crippen molar-refractivity contribution in [1.29, 1.82) is 0 Å². The van der Waals surface area contributed by atoms with Crippen molar-refractivity contribution in [3.8, 4) is 11.3 Å². The van der Waals surface area contributed by atoms with Crippen LogP contribution in [0.3, 0.4) is 0 Å². The molecule has 0 aliphatic carbocycles. The second-order valence-electron chi connectivity index (χ2n) is 7.47. The van der Waals surface area contributed by atoms with Crippen LogP contribution >= 0.6 is 23.1 Å². The molecule has 2 aliphatic heterocycles. The second-order valence-corrected chi connectivity index (χ2v) is 9.75. The summed E-state index contributed by atoms with van der Waals surface area (Å²) in [5, 5.41) is 9.44. The highest BCUT2D eigenvalue weighted by molar-refractivity contribution is 8.01. The minimum atomic E-state index is -4.37. The molecule has 5 nitrogen and oxygen atoms in total. The highest BCUT2D eigenvalue weighted by Crippen LogP contribution is 2.41. The number of hydrogen-bond donors (Lipinski definition) is 1. The largest absolute Gasteiger partial charge is 0.416 e. The summed E-state index contributed by atoms with van der Waals surface area (Å²) in [5.74, 6) is 0.796. The number of piperazine rings is 1. The number of aromatic amines is 1. The molecule has 2 aliphatic rings. The summed E-state index contributed by atoms with van der Waals surface area (Å²) in [6, 6.07) is 7.39. The van der Waals surface area contributed by atoms with Gasteiger partial charge in [0.15, 0.2) is 0 Å². The van der Waals surface area contributed by atoms with Gasteiger partial charge < -0.3 is 9.80 Å². The number of hydrogen-bond acceptors (Lipinski definition) is 5. The Bertz CT molecular complexity index is 1120. The number of nitrogens with zero attached hydrogens (tertiary/aromatic N) is 3. The molecule has 0 atom stereocenters. The maximum atomic E-state index is 13.2. The minimum Gasteiger partial charge on any atom is -0.368 e. The normalized spacial score (nSPS) is 16.6. The molecule has 1 saturated heterocycles. The third-order valence-corrected chi connectivity index (χ3v) is 7.90. The van der Waals surface area contributed by atoms with E-state index in [2.05, 4.69) is 10.2 Å². The van der Waals surface area contributed by atoms with Crippen molar-refractivity contribution in [2.75, 3.05) is 36.8 Å². The summed E-state index contributed by atoms with van der Waals surface area (Å²) >= 11 is 3.47. The number of anilines is 1. The Morgan fingerprint density at radius 2 is 1.94 bits per heavy atom. The van der Waals surface area contributed by atoms with Crippen LogP contribution in [-0.4, -0.2) is 52.9 Å². The van der Waals surface area contributed by atoms with Gasteiger partial charge in [-0.25, -0.2) is 0 Å². The Morgan fingerprint density at radius 1 is 1.13 bits per heavy atom. The molecule has 1 amide bonds. The Morgan fingerprint density at radius 3 is 2.71 bits per heavy atom. The Hall–Kier alpha value is -2.46. The van der Waals surface area contributed by atoms with Crippen molar-refractivity contribution in [1.82, 2.24) is 15.1 Å². The number of fused-ring (bicyclic) bond motifs is 3. The van der Waals surface area contributed by atoms with E-state index in [1.54, 1.807) is 34.1 Å². The number of halogens is 3. The van der Waals surface area contributed by atoms with Gasteiger partial charge in [-0.15, -0.1) is 23.1 Å². The zero-order valence-corrected chi connectivity index (χ0v) is 18.0. The first-order valence-electron chi connectivity index (χ1n) is 9.91. The zero-order chi connectivity index (χ0) is 21.6. The first kappa shape index (κ1) is 20.4. The number of benzene rings is 1. The lowest BCUT2D eigenvalue weighted by Crippen LogP contribution is -2.49. The highest BCUT2D eigenvalue weighted by Gasteiger charge is 2.32. The molecule has 0 bridgehead atoms. The van der Waals surface area contributed by atoms with Gasteiger partial charge in [0.1, 0.15) is 5.69 Å². The highest BCUT2D eigenvalue weighted by atomic mass is 32.2. The molecule has 31 heavy (non-hydrogen) atoms. The quantitative estimate of drug-likeness (QED) is 0.594. The second kappa shape index (κ2) is 7.90. The van der Waals surface area contributed by atoms with Crippen molar-refractivity contribution >= 4 is 34.7 Å². The molecule has 0 saturated carbocycles. The van der Waals surface area contributed by atoms with E-state index in [1.165, 1.54) is 16.3 Å². The molecule has 5 rings (SSSR count). The van der Waals surface area contributed by atoms with E-state index in [9.17, 15) is 18.0 Å². The standard InChI is InChI=1S/C21H19F3N4OS2/c22-21(23,24)13-2-1-3-14(12-13)27-6-8-28(9-7-27)19(29)18-15-4-10-30-20-16(5-11-31-20)17(15)25-26-18/h1-3,5,11-12H,4,6-10H2,(H,25,26). The Labute approximate surface area is 185 Å². The van der Waals surface area contributed by atoms with Crippen LogP contribution in [0.15, 0.2) is 39.9 Å². The van der Waals surface area contributed by atoms with E-state index in [4.69, 9.17) is 0 Å². The van der Waals surface area contributed by atoms with Gasteiger partial charge in [0, 0.05) is 48.7 Å². The number of aromatic nitrogens is 2. The number of alkyl halides is 3. The lowest BCUT2D eigenvalue weighted by atomic mass is 10.1. The number of H-pyrrole nitrogens is 1. The molecule has 162 valence electrons. The Balaban J connectivity index is 1.31. The van der Waals surface area contributed by atoms with E-state index >= 15 is 0 Å². The predicted octanol–water partition coefficient (Wildman–Crippen LogP) is 4.77. The van der Waals surface area contributed by atoms with Crippen LogP contribution in [0.1, 0.15) is 21.6 Å². The fourth-order valence-corrected chi connectivity index (χ4v) is 6.16. The summed E-state index contributed by atoms with van der Waals surface area (Å²) in [6.45, 7) is 1.85. The fourth-order valence-electron chi connectivity index (χ4n) is 4.04. The third kappa shape index (κ3) is 3.82. The van der Waals surface area contributed by atoms with Crippen molar-refractivity contribution < 1.29 is 18.0 Å². The van der Waals surface area contributed by atoms with Crippen LogP contribution < -0.4 is 4.90 Å². The number of thiophene rings is 1. The van der Waals surface area contributed by atoms with Crippen molar-refractivity contribution in [2.24, 2.45) is 0 Å². The molecule has 1 fully saturated rings. The van der Waals surface area contributed by atoms with E-state index in [0.29, 0.717) is 37.6 Å². The molecule has 3 aromatic rings. The summed E-state index contributed by atoms with van der Waals surface area (Å²) in [5.41, 5.74) is 3.28. The number of carbonyl (C=O) groups is 1. The summed E-state index contributed by atoms with van der Waals surface area (Å²) in [7, 11) is 0. The molecule has 4 heterocycles. The third-order valence-electron chi connectivity index (χ3n) is 5.66. The van der Waals surface area contributed by atoms with E-state index in [-0.39, 0.29) is 5.91 Å². The van der Waals surface area contributed by atoms with Gasteiger partial charge in [-0.1, -0.05) is 6.07 Å². The van der Waals surface area contributed by atoms with E-state index < -0.39 is 11.7 Å². The summed E-state index contributed by atoms with van der Waals surface area (Å²) < 4.78 is 40.3. The molecule has 1 aromatic carbocycles. The minimum absolute atomic E-state index is 0.0962. The van der Waals surface area contributed by atoms with Crippen molar-refractivity contribution in [2.45, 2.75) is 16.8 Å². The molecule has 2 aromatic heterocycles. The molecule has 0 radical (unpaired) electrons. The van der Waals surface area contributed by atoms with Gasteiger partial charge in [-0.2, -0.15) is 18.3 Å². The lowest BCUT2D eigenvalue weighted by Gasteiger charge is -2.36. The average Bonchev–Trinajstić information content (AvgIpc) is 3.36.